The first-order valence-corrected chi connectivity index (χ1v) is 4.49. The third kappa shape index (κ3) is 5.39. The Morgan fingerprint density at radius 1 is 0.857 bits per heavy atom. The molecule has 0 saturated heterocycles. The molecule has 0 amide bonds. The molecule has 0 spiro atoms. The fourth-order valence-corrected chi connectivity index (χ4v) is 1.23. The maximum atomic E-state index is 10.6. The van der Waals surface area contributed by atoms with Gasteiger partial charge in [0.1, 0.15) is 0 Å². The molecule has 1 aromatic rings. The van der Waals surface area contributed by atoms with Crippen LogP contribution in [0.25, 0.3) is 0 Å². The van der Waals surface area contributed by atoms with Gasteiger partial charge in [-0.2, -0.15) is 0 Å². The van der Waals surface area contributed by atoms with E-state index in [-0.39, 0.29) is 11.7 Å². The van der Waals surface area contributed by atoms with Crippen molar-refractivity contribution in [2.75, 3.05) is 0 Å². The van der Waals surface area contributed by atoms with Gasteiger partial charge in [0, 0.05) is 11.6 Å². The maximum Gasteiger partial charge on any atom is 0.422 e. The summed E-state index contributed by atoms with van der Waals surface area (Å²) in [6, 6.07) is 1.98. The van der Waals surface area contributed by atoms with Gasteiger partial charge >= 0.3 is 17.1 Å². The van der Waals surface area contributed by atoms with Gasteiger partial charge in [-0.1, -0.05) is 0 Å². The third-order valence-corrected chi connectivity index (χ3v) is 1.89. The van der Waals surface area contributed by atoms with Gasteiger partial charge in [0.2, 0.25) is 0 Å². The Labute approximate surface area is 114 Å². The largest absolute Gasteiger partial charge is 0.422 e. The minimum Gasteiger partial charge on any atom is -0.344 e. The number of nitro benzene ring substituents is 3. The van der Waals surface area contributed by atoms with Gasteiger partial charge in [-0.15, -0.1) is 10.1 Å². The van der Waals surface area contributed by atoms with Crippen molar-refractivity contribution in [1.82, 2.24) is 6.15 Å². The van der Waals surface area contributed by atoms with Crippen molar-refractivity contribution in [3.8, 4) is 0 Å². The van der Waals surface area contributed by atoms with Gasteiger partial charge in [-0.25, -0.2) is 0 Å². The highest BCUT2D eigenvalue weighted by Gasteiger charge is 2.37. The van der Waals surface area contributed by atoms with E-state index in [2.05, 4.69) is 0 Å². The molecular weight excluding hydrogens is 298 g/mol. The number of benzene rings is 1. The molecule has 0 aliphatic carbocycles. The first kappa shape index (κ1) is 19.9. The summed E-state index contributed by atoms with van der Waals surface area (Å²) in [4.78, 5) is 36.9. The molecule has 0 aliphatic heterocycles. The lowest BCUT2D eigenvalue weighted by molar-refractivity contribution is -0.742. The SMILES string of the molecule is Cc1ccc([N+](=O)[O-])c([N+](=O)[O-])c1[N+](=O)[O-].N.O=[N+]([O-])O. The molecule has 14 heteroatoms. The van der Waals surface area contributed by atoms with E-state index in [1.165, 1.54) is 6.92 Å². The van der Waals surface area contributed by atoms with E-state index in [1.54, 1.807) is 0 Å². The van der Waals surface area contributed by atoms with Crippen molar-refractivity contribution in [2.24, 2.45) is 0 Å². The lowest BCUT2D eigenvalue weighted by atomic mass is 10.1. The van der Waals surface area contributed by atoms with Crippen molar-refractivity contribution < 1.29 is 25.1 Å². The van der Waals surface area contributed by atoms with Gasteiger partial charge in [0.15, 0.2) is 0 Å². The highest BCUT2D eigenvalue weighted by Crippen LogP contribution is 2.38. The Kier molecular flexibility index (Phi) is 7.48. The molecule has 0 heterocycles. The van der Waals surface area contributed by atoms with Crippen molar-refractivity contribution >= 4 is 17.1 Å². The molecule has 14 nitrogen and oxygen atoms in total. The van der Waals surface area contributed by atoms with Crippen LogP contribution in [0.2, 0.25) is 0 Å². The first-order valence-electron chi connectivity index (χ1n) is 4.49. The molecule has 0 atom stereocenters. The standard InChI is InChI=1S/C7H5N3O6.HNO3.H3N/c1-4-2-3-5(8(11)12)7(10(15)16)6(4)9(13)14;2-1(3)4;/h2-3H,1H3;(H,2,3,4);1H3. The van der Waals surface area contributed by atoms with Crippen LogP contribution in [0.4, 0.5) is 17.1 Å². The minimum atomic E-state index is -1.50. The van der Waals surface area contributed by atoms with E-state index in [0.29, 0.717) is 0 Å². The number of nitro groups is 3. The molecule has 0 radical (unpaired) electrons. The molecule has 1 aromatic carbocycles. The second kappa shape index (κ2) is 7.89. The predicted molar refractivity (Wildman–Crippen MR) is 64.9 cm³/mol. The predicted octanol–water partition coefficient (Wildman–Crippen LogP) is 1.53. The average Bonchev–Trinajstić information content (AvgIpc) is 2.26. The summed E-state index contributed by atoms with van der Waals surface area (Å²) < 4.78 is 0. The molecule has 0 unspecified atom stereocenters. The Hall–Kier alpha value is -3.42. The molecule has 0 aliphatic rings. The number of rotatable bonds is 3. The summed E-state index contributed by atoms with van der Waals surface area (Å²) in [6.45, 7) is 1.27. The van der Waals surface area contributed by atoms with Crippen LogP contribution in [-0.2, 0) is 0 Å². The van der Waals surface area contributed by atoms with Crippen LogP contribution in [-0.4, -0.2) is 25.1 Å². The van der Waals surface area contributed by atoms with E-state index < -0.39 is 36.9 Å². The van der Waals surface area contributed by atoms with Crippen molar-refractivity contribution in [2.45, 2.75) is 6.92 Å². The molecule has 21 heavy (non-hydrogen) atoms. The number of hydrogen-bond acceptors (Lipinski definition) is 9. The molecule has 116 valence electrons. The van der Waals surface area contributed by atoms with Crippen molar-refractivity contribution in [3.05, 3.63) is 58.2 Å². The van der Waals surface area contributed by atoms with Crippen LogP contribution in [0.3, 0.4) is 0 Å². The fraction of sp³-hybridized carbons (Fsp3) is 0.143. The lowest BCUT2D eigenvalue weighted by Gasteiger charge is -1.98. The van der Waals surface area contributed by atoms with Crippen LogP contribution in [0.1, 0.15) is 5.56 Å². The van der Waals surface area contributed by atoms with Crippen LogP contribution in [0, 0.1) is 47.4 Å². The van der Waals surface area contributed by atoms with E-state index >= 15 is 0 Å². The topological polar surface area (TPSA) is 228 Å². The summed E-state index contributed by atoms with van der Waals surface area (Å²) in [6.07, 6.45) is 0. The Balaban J connectivity index is 0. The van der Waals surface area contributed by atoms with Gasteiger partial charge < -0.3 is 11.4 Å². The summed E-state index contributed by atoms with van der Waals surface area (Å²) in [5.74, 6) is 0. The zero-order chi connectivity index (χ0) is 16.0. The fourth-order valence-electron chi connectivity index (χ4n) is 1.23. The smallest absolute Gasteiger partial charge is 0.344 e. The summed E-state index contributed by atoms with van der Waals surface area (Å²) in [5, 5.41) is 45.3. The van der Waals surface area contributed by atoms with Gasteiger partial charge in [-0.3, -0.25) is 30.3 Å². The zero-order valence-corrected chi connectivity index (χ0v) is 10.4. The Morgan fingerprint density at radius 3 is 1.52 bits per heavy atom. The highest BCUT2D eigenvalue weighted by atomic mass is 16.9. The monoisotopic (exact) mass is 307 g/mol. The van der Waals surface area contributed by atoms with Crippen LogP contribution < -0.4 is 6.15 Å². The highest BCUT2D eigenvalue weighted by molar-refractivity contribution is 5.68. The lowest BCUT2D eigenvalue weighted by Crippen LogP contribution is -2.02. The van der Waals surface area contributed by atoms with Crippen LogP contribution >= 0.6 is 0 Å². The van der Waals surface area contributed by atoms with E-state index in [1.807, 2.05) is 0 Å². The first-order chi connectivity index (χ1) is 9.09. The molecule has 0 fully saturated rings. The summed E-state index contributed by atoms with van der Waals surface area (Å²) >= 11 is 0. The zero-order valence-electron chi connectivity index (χ0n) is 10.4. The summed E-state index contributed by atoms with van der Waals surface area (Å²) in [7, 11) is 0. The molecular formula is C7H9N5O9. The normalized spacial score (nSPS) is 8.62. The number of hydrogen-bond donors (Lipinski definition) is 2. The van der Waals surface area contributed by atoms with Crippen molar-refractivity contribution in [3.63, 3.8) is 0 Å². The third-order valence-electron chi connectivity index (χ3n) is 1.89. The Morgan fingerprint density at radius 2 is 1.24 bits per heavy atom. The number of nitrogens with zero attached hydrogens (tertiary/aromatic N) is 4. The van der Waals surface area contributed by atoms with Gasteiger partial charge in [0.05, 0.1) is 14.8 Å². The maximum absolute atomic E-state index is 10.6. The average molecular weight is 307 g/mol. The summed E-state index contributed by atoms with van der Waals surface area (Å²) in [5.41, 5.74) is -2.82. The van der Waals surface area contributed by atoms with Crippen LogP contribution in [0.15, 0.2) is 12.1 Å². The number of aryl methyl sites for hydroxylation is 1. The molecule has 4 N–H and O–H groups in total. The van der Waals surface area contributed by atoms with Crippen molar-refractivity contribution in [1.29, 1.82) is 0 Å². The molecule has 1 rings (SSSR count). The Bertz CT molecular complexity index is 582. The van der Waals surface area contributed by atoms with E-state index in [0.717, 1.165) is 12.1 Å². The van der Waals surface area contributed by atoms with Gasteiger partial charge in [-0.05, 0) is 13.0 Å². The second-order valence-corrected chi connectivity index (χ2v) is 3.11. The molecule has 0 aromatic heterocycles. The van der Waals surface area contributed by atoms with E-state index in [4.69, 9.17) is 15.3 Å². The van der Waals surface area contributed by atoms with Crippen LogP contribution in [0.5, 0.6) is 0 Å². The second-order valence-electron chi connectivity index (χ2n) is 3.11. The molecule has 0 saturated carbocycles. The van der Waals surface area contributed by atoms with E-state index in [9.17, 15) is 30.3 Å². The quantitative estimate of drug-likeness (QED) is 0.603. The molecule has 0 bridgehead atoms. The minimum absolute atomic E-state index is 0. The van der Waals surface area contributed by atoms with Gasteiger partial charge in [0.25, 0.3) is 5.09 Å².